The molecule has 1 aliphatic carbocycles. The van der Waals surface area contributed by atoms with Crippen LogP contribution in [0.4, 0.5) is 4.79 Å². The topological polar surface area (TPSA) is 121 Å². The van der Waals surface area contributed by atoms with E-state index in [0.717, 1.165) is 0 Å². The summed E-state index contributed by atoms with van der Waals surface area (Å²) in [5.74, 6) is 1.14. The number of hydrogen-bond donors (Lipinski definition) is 0. The molecule has 34 heavy (non-hydrogen) atoms. The number of ether oxygens (including phenoxy) is 3. The monoisotopic (exact) mass is 490 g/mol. The minimum absolute atomic E-state index is 0.0758. The van der Waals surface area contributed by atoms with Crippen LogP contribution in [0, 0.1) is 13.8 Å². The summed E-state index contributed by atoms with van der Waals surface area (Å²) in [7, 11) is -3.37. The van der Waals surface area contributed by atoms with Crippen molar-refractivity contribution in [3.05, 3.63) is 29.7 Å². The van der Waals surface area contributed by atoms with Gasteiger partial charge in [0.15, 0.2) is 20.6 Å². The molecule has 0 spiro atoms. The van der Waals surface area contributed by atoms with E-state index < -0.39 is 9.84 Å². The molecule has 2 aliphatic rings. The number of hydrogen-bond acceptors (Lipinski definition) is 9. The van der Waals surface area contributed by atoms with Crippen LogP contribution in [0.1, 0.15) is 50.8 Å². The standard InChI is InChI=1S/C23H30N4O6S/c1-14(2)31-23(28)27-11-9-17(10-12-27)32-21-15(3)22(25-13-24-21)33-19-7-8-20(26-16(19)4)34(29,30)18-5-6-18/h7-8,13-14,17-18H,5-6,9-12H2,1-4H3. The van der Waals surface area contributed by atoms with Crippen molar-refractivity contribution in [2.24, 2.45) is 0 Å². The highest BCUT2D eigenvalue weighted by atomic mass is 32.2. The van der Waals surface area contributed by atoms with Crippen LogP contribution >= 0.6 is 0 Å². The zero-order chi connectivity index (χ0) is 24.5. The second-order valence-corrected chi connectivity index (χ2v) is 11.1. The molecule has 184 valence electrons. The Kier molecular flexibility index (Phi) is 6.92. The quantitative estimate of drug-likeness (QED) is 0.573. The first-order chi connectivity index (χ1) is 16.1. The van der Waals surface area contributed by atoms with Crippen molar-refractivity contribution >= 4 is 15.9 Å². The van der Waals surface area contributed by atoms with Crippen molar-refractivity contribution in [2.75, 3.05) is 13.1 Å². The number of carbonyl (C=O) groups excluding carboxylic acids is 1. The first kappa shape index (κ1) is 24.2. The van der Waals surface area contributed by atoms with Crippen molar-refractivity contribution in [1.29, 1.82) is 0 Å². The zero-order valence-corrected chi connectivity index (χ0v) is 20.7. The normalized spacial score (nSPS) is 17.0. The lowest BCUT2D eigenvalue weighted by Crippen LogP contribution is -2.42. The molecule has 0 atom stereocenters. The molecule has 0 N–H and O–H groups in total. The maximum Gasteiger partial charge on any atom is 0.410 e. The van der Waals surface area contributed by atoms with E-state index in [1.807, 2.05) is 13.8 Å². The molecule has 1 saturated carbocycles. The fourth-order valence-corrected chi connectivity index (χ4v) is 5.30. The van der Waals surface area contributed by atoms with Gasteiger partial charge >= 0.3 is 6.09 Å². The van der Waals surface area contributed by atoms with E-state index in [2.05, 4.69) is 15.0 Å². The minimum Gasteiger partial charge on any atom is -0.474 e. The average Bonchev–Trinajstić information content (AvgIpc) is 3.64. The molecule has 3 heterocycles. The predicted molar refractivity (Wildman–Crippen MR) is 123 cm³/mol. The molecule has 10 nitrogen and oxygen atoms in total. The molecular weight excluding hydrogens is 460 g/mol. The second-order valence-electron chi connectivity index (χ2n) is 8.93. The second kappa shape index (κ2) is 9.73. The van der Waals surface area contributed by atoms with E-state index in [1.54, 1.807) is 24.8 Å². The maximum atomic E-state index is 12.4. The molecule has 2 aromatic heterocycles. The number of amides is 1. The number of nitrogens with zero attached hydrogens (tertiary/aromatic N) is 4. The highest BCUT2D eigenvalue weighted by molar-refractivity contribution is 7.92. The van der Waals surface area contributed by atoms with Gasteiger partial charge in [-0.05, 0) is 52.7 Å². The summed E-state index contributed by atoms with van der Waals surface area (Å²) in [5, 5.41) is -0.241. The van der Waals surface area contributed by atoms with Crippen LogP contribution in [-0.2, 0) is 14.6 Å². The average molecular weight is 491 g/mol. The van der Waals surface area contributed by atoms with Crippen LogP contribution in [0.25, 0.3) is 0 Å². The van der Waals surface area contributed by atoms with Crippen LogP contribution in [0.15, 0.2) is 23.5 Å². The first-order valence-electron chi connectivity index (χ1n) is 11.5. The summed E-state index contributed by atoms with van der Waals surface area (Å²) in [6, 6.07) is 3.08. The fourth-order valence-electron chi connectivity index (χ4n) is 3.68. The summed E-state index contributed by atoms with van der Waals surface area (Å²) >= 11 is 0. The number of rotatable bonds is 7. The van der Waals surface area contributed by atoms with Crippen LogP contribution in [-0.4, -0.2) is 64.9 Å². The predicted octanol–water partition coefficient (Wildman–Crippen LogP) is 3.61. The zero-order valence-electron chi connectivity index (χ0n) is 19.9. The molecule has 2 aromatic rings. The van der Waals surface area contributed by atoms with E-state index in [9.17, 15) is 13.2 Å². The van der Waals surface area contributed by atoms with Crippen molar-refractivity contribution in [1.82, 2.24) is 19.9 Å². The van der Waals surface area contributed by atoms with Crippen molar-refractivity contribution in [3.8, 4) is 17.5 Å². The Bertz CT molecular complexity index is 1160. The molecule has 0 aromatic carbocycles. The van der Waals surface area contributed by atoms with Gasteiger partial charge in [-0.1, -0.05) is 0 Å². The molecular formula is C23H30N4O6S. The van der Waals surface area contributed by atoms with Gasteiger partial charge in [0.1, 0.15) is 12.4 Å². The lowest BCUT2D eigenvalue weighted by Gasteiger charge is -2.31. The number of likely N-dealkylation sites (tertiary alicyclic amines) is 1. The highest BCUT2D eigenvalue weighted by Crippen LogP contribution is 2.35. The van der Waals surface area contributed by atoms with Gasteiger partial charge < -0.3 is 19.1 Å². The van der Waals surface area contributed by atoms with Crippen LogP contribution in [0.2, 0.25) is 0 Å². The number of aryl methyl sites for hydroxylation is 1. The lowest BCUT2D eigenvalue weighted by molar-refractivity contribution is 0.0505. The van der Waals surface area contributed by atoms with Crippen molar-refractivity contribution in [2.45, 2.75) is 75.9 Å². The SMILES string of the molecule is Cc1nc(S(=O)(=O)C2CC2)ccc1Oc1ncnc(OC2CCN(C(=O)OC(C)C)CC2)c1C. The maximum absolute atomic E-state index is 12.4. The molecule has 1 amide bonds. The largest absolute Gasteiger partial charge is 0.474 e. The van der Waals surface area contributed by atoms with E-state index in [-0.39, 0.29) is 28.6 Å². The van der Waals surface area contributed by atoms with Crippen molar-refractivity contribution in [3.63, 3.8) is 0 Å². The van der Waals surface area contributed by atoms with Gasteiger partial charge in [-0.3, -0.25) is 0 Å². The number of piperidine rings is 1. The van der Waals surface area contributed by atoms with E-state index in [1.165, 1.54) is 12.4 Å². The first-order valence-corrected chi connectivity index (χ1v) is 13.0. The van der Waals surface area contributed by atoms with Gasteiger partial charge in [-0.2, -0.15) is 0 Å². The summed E-state index contributed by atoms with van der Waals surface area (Å²) in [5.41, 5.74) is 1.08. The minimum atomic E-state index is -3.37. The van der Waals surface area contributed by atoms with Gasteiger partial charge in [0.05, 0.1) is 22.6 Å². The highest BCUT2D eigenvalue weighted by Gasteiger charge is 2.38. The Morgan fingerprint density at radius 2 is 1.74 bits per heavy atom. The van der Waals surface area contributed by atoms with Crippen LogP contribution in [0.3, 0.4) is 0 Å². The molecule has 0 bridgehead atoms. The Balaban J connectivity index is 1.40. The lowest BCUT2D eigenvalue weighted by atomic mass is 10.1. The molecule has 1 aliphatic heterocycles. The Morgan fingerprint density at radius 1 is 1.06 bits per heavy atom. The van der Waals surface area contributed by atoms with Gasteiger partial charge in [0.25, 0.3) is 0 Å². The van der Waals surface area contributed by atoms with E-state index in [0.29, 0.717) is 67.5 Å². The number of sulfone groups is 1. The van der Waals surface area contributed by atoms with Crippen LogP contribution in [0.5, 0.6) is 17.5 Å². The molecule has 11 heteroatoms. The van der Waals surface area contributed by atoms with E-state index in [4.69, 9.17) is 14.2 Å². The molecule has 1 saturated heterocycles. The molecule has 4 rings (SSSR count). The third kappa shape index (κ3) is 5.40. The fraction of sp³-hybridized carbons (Fsp3) is 0.565. The third-order valence-electron chi connectivity index (χ3n) is 5.78. The van der Waals surface area contributed by atoms with Gasteiger partial charge in [0.2, 0.25) is 11.8 Å². The number of pyridine rings is 1. The molecule has 0 radical (unpaired) electrons. The smallest absolute Gasteiger partial charge is 0.410 e. The Hall–Kier alpha value is -2.95. The summed E-state index contributed by atoms with van der Waals surface area (Å²) < 4.78 is 42.2. The van der Waals surface area contributed by atoms with E-state index >= 15 is 0 Å². The summed E-state index contributed by atoms with van der Waals surface area (Å²) in [6.45, 7) is 8.25. The summed E-state index contributed by atoms with van der Waals surface area (Å²) in [4.78, 5) is 26.5. The van der Waals surface area contributed by atoms with Gasteiger partial charge in [-0.25, -0.2) is 28.2 Å². The van der Waals surface area contributed by atoms with Crippen LogP contribution < -0.4 is 9.47 Å². The summed E-state index contributed by atoms with van der Waals surface area (Å²) in [6.07, 6.45) is 3.50. The molecule has 2 fully saturated rings. The molecule has 0 unspecified atom stereocenters. The third-order valence-corrected chi connectivity index (χ3v) is 7.94. The van der Waals surface area contributed by atoms with Crippen molar-refractivity contribution < 1.29 is 27.4 Å². The van der Waals surface area contributed by atoms with Gasteiger partial charge in [0, 0.05) is 25.9 Å². The Labute approximate surface area is 199 Å². The Morgan fingerprint density at radius 3 is 2.35 bits per heavy atom. The van der Waals surface area contributed by atoms with Gasteiger partial charge in [-0.15, -0.1) is 0 Å². The number of carbonyl (C=O) groups is 1. The number of aromatic nitrogens is 3.